The molecule has 0 aliphatic carbocycles. The van der Waals surface area contributed by atoms with Crippen molar-refractivity contribution in [3.05, 3.63) is 0 Å². The molecule has 1 aliphatic rings. The maximum atomic E-state index is 5.89. The minimum atomic E-state index is 0.121. The van der Waals surface area contributed by atoms with E-state index in [-0.39, 0.29) is 5.60 Å². The number of unbranched alkanes of at least 4 members (excludes halogenated alkanes) is 2. The Labute approximate surface area is 88.4 Å². The lowest BCUT2D eigenvalue weighted by Crippen LogP contribution is -2.29. The first kappa shape index (κ1) is 12.0. The van der Waals surface area contributed by atoms with Gasteiger partial charge in [-0.25, -0.2) is 0 Å². The Morgan fingerprint density at radius 1 is 1.36 bits per heavy atom. The third-order valence-corrected chi connectivity index (χ3v) is 2.88. The summed E-state index contributed by atoms with van der Waals surface area (Å²) in [7, 11) is 0. The molecule has 1 rings (SSSR count). The maximum absolute atomic E-state index is 5.89. The molecule has 1 fully saturated rings. The van der Waals surface area contributed by atoms with Crippen molar-refractivity contribution in [3.8, 4) is 0 Å². The Kier molecular flexibility index (Phi) is 4.90. The zero-order chi connectivity index (χ0) is 10.4. The van der Waals surface area contributed by atoms with Gasteiger partial charge in [-0.2, -0.15) is 0 Å². The van der Waals surface area contributed by atoms with Crippen LogP contribution >= 0.6 is 0 Å². The molecule has 14 heavy (non-hydrogen) atoms. The Balaban J connectivity index is 1.98. The van der Waals surface area contributed by atoms with Crippen molar-refractivity contribution < 1.29 is 4.74 Å². The molecular weight excluding hydrogens is 174 g/mol. The summed E-state index contributed by atoms with van der Waals surface area (Å²) < 4.78 is 5.89. The van der Waals surface area contributed by atoms with Gasteiger partial charge in [-0.05, 0) is 39.7 Å². The molecule has 0 saturated carbocycles. The fourth-order valence-corrected chi connectivity index (χ4v) is 1.98. The average Bonchev–Trinajstić information content (AvgIpc) is 2.45. The van der Waals surface area contributed by atoms with Crippen molar-refractivity contribution in [2.75, 3.05) is 13.1 Å². The van der Waals surface area contributed by atoms with E-state index in [0.29, 0.717) is 6.10 Å². The fourth-order valence-electron chi connectivity index (χ4n) is 1.98. The van der Waals surface area contributed by atoms with Crippen LogP contribution in [0.2, 0.25) is 0 Å². The summed E-state index contributed by atoms with van der Waals surface area (Å²) in [4.78, 5) is 0. The third kappa shape index (κ3) is 4.43. The fraction of sp³-hybridized carbons (Fsp3) is 1.00. The number of nitrogens with one attached hydrogen (secondary N) is 1. The van der Waals surface area contributed by atoms with Gasteiger partial charge in [-0.3, -0.25) is 0 Å². The SMILES string of the molecule is CCCCCNCC1CCC(C)(C)O1. The number of hydrogen-bond acceptors (Lipinski definition) is 2. The molecule has 1 saturated heterocycles. The van der Waals surface area contributed by atoms with E-state index >= 15 is 0 Å². The molecule has 0 spiro atoms. The van der Waals surface area contributed by atoms with Crippen LogP contribution in [0.3, 0.4) is 0 Å². The predicted octanol–water partition coefficient (Wildman–Crippen LogP) is 2.72. The molecule has 0 bridgehead atoms. The minimum absolute atomic E-state index is 0.121. The molecule has 2 nitrogen and oxygen atoms in total. The highest BCUT2D eigenvalue weighted by atomic mass is 16.5. The van der Waals surface area contributed by atoms with E-state index in [1.54, 1.807) is 0 Å². The second-order valence-electron chi connectivity index (χ2n) is 4.95. The van der Waals surface area contributed by atoms with Gasteiger partial charge in [0, 0.05) is 6.54 Å². The summed E-state index contributed by atoms with van der Waals surface area (Å²) in [5.41, 5.74) is 0.121. The quantitative estimate of drug-likeness (QED) is 0.664. The lowest BCUT2D eigenvalue weighted by Gasteiger charge is -2.19. The second kappa shape index (κ2) is 5.72. The highest BCUT2D eigenvalue weighted by Gasteiger charge is 2.30. The topological polar surface area (TPSA) is 21.3 Å². The summed E-state index contributed by atoms with van der Waals surface area (Å²) in [5, 5.41) is 3.47. The Bertz CT molecular complexity index is 156. The largest absolute Gasteiger partial charge is 0.371 e. The van der Waals surface area contributed by atoms with Crippen molar-refractivity contribution in [2.45, 2.75) is 64.6 Å². The van der Waals surface area contributed by atoms with Crippen molar-refractivity contribution in [1.82, 2.24) is 5.32 Å². The van der Waals surface area contributed by atoms with Gasteiger partial charge >= 0.3 is 0 Å². The molecule has 0 radical (unpaired) electrons. The third-order valence-electron chi connectivity index (χ3n) is 2.88. The summed E-state index contributed by atoms with van der Waals surface area (Å²) >= 11 is 0. The molecule has 0 amide bonds. The van der Waals surface area contributed by atoms with E-state index in [1.807, 2.05) is 0 Å². The number of ether oxygens (including phenoxy) is 1. The van der Waals surface area contributed by atoms with E-state index < -0.39 is 0 Å². The standard InChI is InChI=1S/C12H25NO/c1-4-5-6-9-13-10-11-7-8-12(2,3)14-11/h11,13H,4-10H2,1-3H3. The second-order valence-corrected chi connectivity index (χ2v) is 4.95. The molecule has 84 valence electrons. The van der Waals surface area contributed by atoms with Gasteiger partial charge in [0.1, 0.15) is 0 Å². The molecule has 1 unspecified atom stereocenters. The van der Waals surface area contributed by atoms with Crippen LogP contribution in [-0.4, -0.2) is 24.8 Å². The van der Waals surface area contributed by atoms with Gasteiger partial charge in [0.2, 0.25) is 0 Å². The first-order chi connectivity index (χ1) is 6.64. The summed E-state index contributed by atoms with van der Waals surface area (Å²) in [6.07, 6.45) is 6.81. The van der Waals surface area contributed by atoms with E-state index in [4.69, 9.17) is 4.74 Å². The predicted molar refractivity (Wildman–Crippen MR) is 60.6 cm³/mol. The van der Waals surface area contributed by atoms with Crippen molar-refractivity contribution in [3.63, 3.8) is 0 Å². The molecule has 1 aliphatic heterocycles. The van der Waals surface area contributed by atoms with Gasteiger partial charge in [-0.1, -0.05) is 19.8 Å². The van der Waals surface area contributed by atoms with E-state index in [2.05, 4.69) is 26.1 Å². The van der Waals surface area contributed by atoms with Gasteiger partial charge < -0.3 is 10.1 Å². The van der Waals surface area contributed by atoms with Gasteiger partial charge in [0.05, 0.1) is 11.7 Å². The van der Waals surface area contributed by atoms with E-state index in [0.717, 1.165) is 13.1 Å². The summed E-state index contributed by atoms with van der Waals surface area (Å²) in [5.74, 6) is 0. The smallest absolute Gasteiger partial charge is 0.0707 e. The van der Waals surface area contributed by atoms with Crippen LogP contribution in [-0.2, 0) is 4.74 Å². The van der Waals surface area contributed by atoms with E-state index in [1.165, 1.54) is 32.1 Å². The first-order valence-corrected chi connectivity index (χ1v) is 6.02. The Morgan fingerprint density at radius 3 is 2.71 bits per heavy atom. The Hall–Kier alpha value is -0.0800. The highest BCUT2D eigenvalue weighted by Crippen LogP contribution is 2.28. The van der Waals surface area contributed by atoms with Crippen LogP contribution in [0.5, 0.6) is 0 Å². The normalized spacial score (nSPS) is 25.5. The van der Waals surface area contributed by atoms with Crippen molar-refractivity contribution in [1.29, 1.82) is 0 Å². The minimum Gasteiger partial charge on any atom is -0.371 e. The van der Waals surface area contributed by atoms with Crippen LogP contribution in [0, 0.1) is 0 Å². The average molecular weight is 199 g/mol. The van der Waals surface area contributed by atoms with Crippen molar-refractivity contribution >= 4 is 0 Å². The molecule has 1 heterocycles. The van der Waals surface area contributed by atoms with Gasteiger partial charge in [-0.15, -0.1) is 0 Å². The van der Waals surface area contributed by atoms with Crippen molar-refractivity contribution in [2.24, 2.45) is 0 Å². The molecule has 1 N–H and O–H groups in total. The zero-order valence-corrected chi connectivity index (χ0v) is 9.94. The van der Waals surface area contributed by atoms with Crippen LogP contribution in [0.15, 0.2) is 0 Å². The lowest BCUT2D eigenvalue weighted by atomic mass is 10.1. The van der Waals surface area contributed by atoms with Crippen LogP contribution in [0.1, 0.15) is 52.9 Å². The maximum Gasteiger partial charge on any atom is 0.0707 e. The van der Waals surface area contributed by atoms with Gasteiger partial charge in [0.15, 0.2) is 0 Å². The van der Waals surface area contributed by atoms with E-state index in [9.17, 15) is 0 Å². The molecular formula is C12H25NO. The summed E-state index contributed by atoms with van der Waals surface area (Å²) in [6, 6.07) is 0. The number of rotatable bonds is 6. The summed E-state index contributed by atoms with van der Waals surface area (Å²) in [6.45, 7) is 8.79. The molecule has 1 atom stereocenters. The highest BCUT2D eigenvalue weighted by molar-refractivity contribution is 4.81. The van der Waals surface area contributed by atoms with Crippen LogP contribution in [0.25, 0.3) is 0 Å². The van der Waals surface area contributed by atoms with Crippen LogP contribution in [0.4, 0.5) is 0 Å². The monoisotopic (exact) mass is 199 g/mol. The molecule has 2 heteroatoms. The number of hydrogen-bond donors (Lipinski definition) is 1. The van der Waals surface area contributed by atoms with Crippen LogP contribution < -0.4 is 5.32 Å². The Morgan fingerprint density at radius 2 is 2.14 bits per heavy atom. The zero-order valence-electron chi connectivity index (χ0n) is 9.94. The van der Waals surface area contributed by atoms with Gasteiger partial charge in [0.25, 0.3) is 0 Å². The molecule has 0 aromatic carbocycles. The molecule has 0 aromatic heterocycles. The first-order valence-electron chi connectivity index (χ1n) is 6.02. The lowest BCUT2D eigenvalue weighted by molar-refractivity contribution is -0.0141. The molecule has 0 aromatic rings.